The van der Waals surface area contributed by atoms with Gasteiger partial charge in [0, 0.05) is 6.16 Å². The molecule has 1 aliphatic heterocycles. The predicted octanol–water partition coefficient (Wildman–Crippen LogP) is -0.0941. The summed E-state index contributed by atoms with van der Waals surface area (Å²) in [7, 11) is 0.110. The number of anilines is 3. The topological polar surface area (TPSA) is 134 Å². The average Bonchev–Trinajstić information content (AvgIpc) is 2.82. The minimum Gasteiger partial charge on any atom is -0.369 e. The van der Waals surface area contributed by atoms with Crippen molar-refractivity contribution in [2.24, 2.45) is 0 Å². The number of ether oxygens (including phenoxy) is 1. The summed E-state index contributed by atoms with van der Waals surface area (Å²) >= 11 is 0. The number of aromatic amines is 1. The molecule has 1 aromatic rings. The lowest BCUT2D eigenvalue weighted by atomic mass is 10.4. The predicted molar refractivity (Wildman–Crippen MR) is 73.9 cm³/mol. The molecule has 2 heterocycles. The van der Waals surface area contributed by atoms with Gasteiger partial charge in [-0.05, 0) is 12.8 Å². The van der Waals surface area contributed by atoms with E-state index in [1.54, 1.807) is 0 Å². The first-order chi connectivity index (χ1) is 9.63. The van der Waals surface area contributed by atoms with Gasteiger partial charge in [0.05, 0.1) is 13.3 Å². The van der Waals surface area contributed by atoms with Gasteiger partial charge < -0.3 is 20.9 Å². The van der Waals surface area contributed by atoms with Gasteiger partial charge in [-0.3, -0.25) is 19.2 Å². The van der Waals surface area contributed by atoms with Gasteiger partial charge in [0.25, 0.3) is 5.56 Å². The maximum atomic E-state index is 11.6. The number of fused-ring (bicyclic) bond motifs is 1. The first kappa shape index (κ1) is 14.7. The van der Waals surface area contributed by atoms with Crippen molar-refractivity contribution in [3.05, 3.63) is 10.4 Å². The van der Waals surface area contributed by atoms with Crippen LogP contribution in [0.2, 0.25) is 0 Å². The molecule has 0 aromatic carbocycles. The summed E-state index contributed by atoms with van der Waals surface area (Å²) in [6.45, 7) is 0.524. The molecule has 1 aliphatic rings. The van der Waals surface area contributed by atoms with Gasteiger partial charge in [-0.2, -0.15) is 4.98 Å². The van der Waals surface area contributed by atoms with Crippen molar-refractivity contribution >= 4 is 25.9 Å². The second-order valence-electron chi connectivity index (χ2n) is 4.21. The van der Waals surface area contributed by atoms with Gasteiger partial charge >= 0.3 is 0 Å². The van der Waals surface area contributed by atoms with Crippen LogP contribution in [0.4, 0.5) is 17.5 Å². The number of nitrogens with zero attached hydrogens (tertiary/aromatic N) is 2. The van der Waals surface area contributed by atoms with Crippen molar-refractivity contribution in [2.45, 2.75) is 19.3 Å². The van der Waals surface area contributed by atoms with E-state index in [2.05, 4.69) is 15.3 Å². The standard InChI is InChI=1S/C10H16N5O4P/c11-9-13-7-6(8(16)14-9)12-5-15(7)10(17)19-3-1-2-4-20-18/h10,12,17H,1-5H2,(H3,11,13,14,16). The number of nitrogens with one attached hydrogen (secondary N) is 2. The van der Waals surface area contributed by atoms with Crippen LogP contribution < -0.4 is 21.5 Å². The molecular weight excluding hydrogens is 285 g/mol. The fourth-order valence-corrected chi connectivity index (χ4v) is 2.18. The second kappa shape index (κ2) is 6.65. The lowest BCUT2D eigenvalue weighted by Crippen LogP contribution is -2.37. The molecular formula is C10H16N5O4P. The molecule has 0 radical (unpaired) electrons. The third-order valence-electron chi connectivity index (χ3n) is 2.79. The van der Waals surface area contributed by atoms with E-state index in [9.17, 15) is 14.5 Å². The highest BCUT2D eigenvalue weighted by atomic mass is 31.1. The zero-order valence-electron chi connectivity index (χ0n) is 10.7. The van der Waals surface area contributed by atoms with Crippen LogP contribution in [0.1, 0.15) is 12.8 Å². The lowest BCUT2D eigenvalue weighted by molar-refractivity contribution is -0.0986. The molecule has 1 unspecified atom stereocenters. The van der Waals surface area contributed by atoms with Crippen LogP contribution in [-0.4, -0.2) is 40.9 Å². The van der Waals surface area contributed by atoms with E-state index in [4.69, 9.17) is 10.5 Å². The van der Waals surface area contributed by atoms with E-state index in [0.717, 1.165) is 6.42 Å². The van der Waals surface area contributed by atoms with E-state index < -0.39 is 12.0 Å². The van der Waals surface area contributed by atoms with Crippen molar-refractivity contribution in [3.63, 3.8) is 0 Å². The van der Waals surface area contributed by atoms with Gasteiger partial charge in [0.2, 0.25) is 12.4 Å². The lowest BCUT2D eigenvalue weighted by Gasteiger charge is -2.23. The number of nitrogen functional groups attached to an aromatic ring is 1. The quantitative estimate of drug-likeness (QED) is 0.312. The monoisotopic (exact) mass is 301 g/mol. The van der Waals surface area contributed by atoms with Crippen LogP contribution in [0.25, 0.3) is 0 Å². The summed E-state index contributed by atoms with van der Waals surface area (Å²) in [5.41, 5.74) is 5.34. The zero-order chi connectivity index (χ0) is 14.5. The summed E-state index contributed by atoms with van der Waals surface area (Å²) in [4.78, 5) is 19.4. The Morgan fingerprint density at radius 1 is 1.55 bits per heavy atom. The first-order valence-electron chi connectivity index (χ1n) is 6.12. The number of aliphatic hydroxyl groups is 1. The number of aliphatic hydroxyl groups excluding tert-OH is 1. The molecule has 0 amide bonds. The fourth-order valence-electron chi connectivity index (χ4n) is 1.82. The Morgan fingerprint density at radius 3 is 3.10 bits per heavy atom. The molecule has 2 rings (SSSR count). The van der Waals surface area contributed by atoms with Gasteiger partial charge in [0.15, 0.2) is 14.3 Å². The Bertz CT molecular complexity index is 537. The van der Waals surface area contributed by atoms with E-state index >= 15 is 0 Å². The Labute approximate surface area is 116 Å². The summed E-state index contributed by atoms with van der Waals surface area (Å²) < 4.78 is 15.5. The molecule has 9 nitrogen and oxygen atoms in total. The van der Waals surface area contributed by atoms with Crippen molar-refractivity contribution in [1.29, 1.82) is 0 Å². The van der Waals surface area contributed by atoms with Gasteiger partial charge in [-0.1, -0.05) is 0 Å². The number of nitrogens with two attached hydrogens (primary N) is 1. The SMILES string of the molecule is Nc1nc2c(c(=O)[nH]1)NCN2C(O)OCCCCP=O. The van der Waals surface area contributed by atoms with Crippen LogP contribution in [0.3, 0.4) is 0 Å². The maximum absolute atomic E-state index is 11.6. The van der Waals surface area contributed by atoms with E-state index in [-0.39, 0.29) is 32.6 Å². The number of hydrogen-bond acceptors (Lipinski definition) is 8. The number of aromatic nitrogens is 2. The Balaban J connectivity index is 1.95. The molecule has 1 atom stereocenters. The highest BCUT2D eigenvalue weighted by molar-refractivity contribution is 7.23. The molecule has 20 heavy (non-hydrogen) atoms. The summed E-state index contributed by atoms with van der Waals surface area (Å²) in [6, 6.07) is 0. The van der Waals surface area contributed by atoms with Crippen LogP contribution in [-0.2, 0) is 9.30 Å². The molecule has 0 bridgehead atoms. The number of hydrogen-bond donors (Lipinski definition) is 4. The largest absolute Gasteiger partial charge is 0.369 e. The molecule has 0 spiro atoms. The molecule has 110 valence electrons. The van der Waals surface area contributed by atoms with Crippen LogP contribution in [0, 0.1) is 0 Å². The first-order valence-corrected chi connectivity index (χ1v) is 7.12. The number of unbranched alkanes of at least 4 members (excludes halogenated alkanes) is 1. The molecule has 1 aromatic heterocycles. The maximum Gasteiger partial charge on any atom is 0.277 e. The Morgan fingerprint density at radius 2 is 2.35 bits per heavy atom. The third kappa shape index (κ3) is 3.24. The minimum atomic E-state index is -1.22. The van der Waals surface area contributed by atoms with Crippen LogP contribution in [0.15, 0.2) is 4.79 Å². The summed E-state index contributed by atoms with van der Waals surface area (Å²) in [5, 5.41) is 12.8. The van der Waals surface area contributed by atoms with Crippen molar-refractivity contribution in [2.75, 3.05) is 35.4 Å². The fraction of sp³-hybridized carbons (Fsp3) is 0.600. The van der Waals surface area contributed by atoms with E-state index in [1.165, 1.54) is 4.90 Å². The molecule has 0 aliphatic carbocycles. The van der Waals surface area contributed by atoms with E-state index in [1.807, 2.05) is 0 Å². The smallest absolute Gasteiger partial charge is 0.277 e. The Kier molecular flexibility index (Phi) is 4.89. The van der Waals surface area contributed by atoms with Gasteiger partial charge in [-0.25, -0.2) is 0 Å². The Hall–Kier alpha value is -1.70. The number of H-pyrrole nitrogens is 1. The number of rotatable bonds is 7. The van der Waals surface area contributed by atoms with Crippen LogP contribution >= 0.6 is 8.46 Å². The molecule has 0 saturated heterocycles. The van der Waals surface area contributed by atoms with Crippen molar-refractivity contribution in [1.82, 2.24) is 9.97 Å². The summed E-state index contributed by atoms with van der Waals surface area (Å²) in [5.74, 6) is 0.237. The second-order valence-corrected chi connectivity index (χ2v) is 4.92. The van der Waals surface area contributed by atoms with Gasteiger partial charge in [-0.15, -0.1) is 0 Å². The highest BCUT2D eigenvalue weighted by Gasteiger charge is 2.29. The van der Waals surface area contributed by atoms with E-state index in [0.29, 0.717) is 19.2 Å². The average molecular weight is 301 g/mol. The molecule has 5 N–H and O–H groups in total. The zero-order valence-corrected chi connectivity index (χ0v) is 11.6. The summed E-state index contributed by atoms with van der Waals surface area (Å²) in [6.07, 6.45) is 0.784. The van der Waals surface area contributed by atoms with Crippen molar-refractivity contribution in [3.8, 4) is 0 Å². The highest BCUT2D eigenvalue weighted by Crippen LogP contribution is 2.27. The minimum absolute atomic E-state index is 0.0240. The molecule has 10 heteroatoms. The van der Waals surface area contributed by atoms with Gasteiger partial charge in [0.1, 0.15) is 5.69 Å². The van der Waals surface area contributed by atoms with Crippen molar-refractivity contribution < 1.29 is 14.4 Å². The van der Waals surface area contributed by atoms with Crippen LogP contribution in [0.5, 0.6) is 0 Å². The molecule has 0 saturated carbocycles. The normalized spacial score (nSPS) is 15.2. The molecule has 0 fully saturated rings. The third-order valence-corrected chi connectivity index (χ3v) is 3.29.